The first kappa shape index (κ1) is 18.4. The molecule has 0 N–H and O–H groups in total. The smallest absolute Gasteiger partial charge is 0.232 e. The molecule has 2 aromatic carbocycles. The Bertz CT molecular complexity index is 897. The summed E-state index contributed by atoms with van der Waals surface area (Å²) in [6.45, 7) is 0.831. The highest BCUT2D eigenvalue weighted by Gasteiger charge is 2.24. The van der Waals surface area contributed by atoms with E-state index in [0.717, 1.165) is 23.9 Å². The van der Waals surface area contributed by atoms with Gasteiger partial charge >= 0.3 is 0 Å². The normalized spacial score (nSPS) is 13.5. The fourth-order valence-electron chi connectivity index (χ4n) is 3.20. The van der Waals surface area contributed by atoms with E-state index in [2.05, 4.69) is 0 Å². The summed E-state index contributed by atoms with van der Waals surface area (Å²) < 4.78 is 38.4. The Kier molecular flexibility index (Phi) is 5.27. The molecule has 138 valence electrons. The van der Waals surface area contributed by atoms with Crippen LogP contribution < -0.4 is 9.21 Å². The number of hydrogen-bond acceptors (Lipinski definition) is 3. The molecule has 2 aromatic rings. The molecule has 0 spiro atoms. The van der Waals surface area contributed by atoms with E-state index < -0.39 is 15.8 Å². The summed E-state index contributed by atoms with van der Waals surface area (Å²) in [5, 5.41) is 0. The first-order valence-electron chi connectivity index (χ1n) is 8.48. The molecule has 0 aromatic heterocycles. The molecule has 1 aliphatic rings. The van der Waals surface area contributed by atoms with Crippen molar-refractivity contribution in [2.75, 3.05) is 28.6 Å². The second-order valence-electron chi connectivity index (χ2n) is 6.34. The Morgan fingerprint density at radius 3 is 2.54 bits per heavy atom. The number of sulfonamides is 1. The maximum Gasteiger partial charge on any atom is 0.232 e. The number of nitrogens with zero attached hydrogens (tertiary/aromatic N) is 2. The van der Waals surface area contributed by atoms with Crippen LogP contribution in [0.2, 0.25) is 0 Å². The van der Waals surface area contributed by atoms with Gasteiger partial charge in [-0.2, -0.15) is 0 Å². The highest BCUT2D eigenvalue weighted by molar-refractivity contribution is 7.92. The van der Waals surface area contributed by atoms with Crippen molar-refractivity contribution in [2.45, 2.75) is 19.3 Å². The van der Waals surface area contributed by atoms with Crippen LogP contribution in [-0.2, 0) is 21.2 Å². The third kappa shape index (κ3) is 4.04. The predicted molar refractivity (Wildman–Crippen MR) is 100 cm³/mol. The van der Waals surface area contributed by atoms with Crippen LogP contribution in [0.4, 0.5) is 15.8 Å². The predicted octanol–water partition coefficient (Wildman–Crippen LogP) is 2.96. The third-order valence-corrected chi connectivity index (χ3v) is 5.65. The average Bonchev–Trinajstić information content (AvgIpc) is 3.03. The van der Waals surface area contributed by atoms with Gasteiger partial charge in [0, 0.05) is 25.2 Å². The van der Waals surface area contributed by atoms with Gasteiger partial charge in [-0.25, -0.2) is 12.8 Å². The van der Waals surface area contributed by atoms with Crippen LogP contribution in [0.5, 0.6) is 0 Å². The number of fused-ring (bicyclic) bond motifs is 1. The second kappa shape index (κ2) is 7.45. The Morgan fingerprint density at radius 1 is 1.15 bits per heavy atom. The molecule has 26 heavy (non-hydrogen) atoms. The van der Waals surface area contributed by atoms with Crippen molar-refractivity contribution in [3.8, 4) is 0 Å². The molecule has 1 amide bonds. The highest BCUT2D eigenvalue weighted by Crippen LogP contribution is 2.28. The van der Waals surface area contributed by atoms with Gasteiger partial charge in [-0.1, -0.05) is 18.2 Å². The van der Waals surface area contributed by atoms with Crippen molar-refractivity contribution in [3.05, 3.63) is 59.9 Å². The van der Waals surface area contributed by atoms with Gasteiger partial charge in [-0.15, -0.1) is 0 Å². The molecule has 1 aliphatic heterocycles. The number of para-hydroxylation sites is 1. The second-order valence-corrected chi connectivity index (χ2v) is 8.25. The first-order chi connectivity index (χ1) is 12.4. The number of hydrogen-bond donors (Lipinski definition) is 0. The van der Waals surface area contributed by atoms with Crippen LogP contribution in [0.15, 0.2) is 48.5 Å². The standard InChI is InChI=1S/C19H21FN2O3S/c1-26(24,25)22(17-10-8-16(20)9-11-17)13-4-7-19(23)21-14-12-15-5-2-3-6-18(15)21/h2-3,5-6,8-11H,4,7,12-14H2,1H3. The first-order valence-corrected chi connectivity index (χ1v) is 10.3. The van der Waals surface area contributed by atoms with Gasteiger partial charge in [0.25, 0.3) is 0 Å². The van der Waals surface area contributed by atoms with E-state index in [0.29, 0.717) is 18.7 Å². The lowest BCUT2D eigenvalue weighted by atomic mass is 10.2. The van der Waals surface area contributed by atoms with E-state index in [1.165, 1.54) is 28.6 Å². The maximum atomic E-state index is 13.1. The summed E-state index contributed by atoms with van der Waals surface area (Å²) in [6.07, 6.45) is 2.59. The number of amides is 1. The molecule has 1 heterocycles. The van der Waals surface area contributed by atoms with Gasteiger partial charge in [0.15, 0.2) is 0 Å². The summed E-state index contributed by atoms with van der Waals surface area (Å²) in [4.78, 5) is 14.3. The molecule has 7 heteroatoms. The summed E-state index contributed by atoms with van der Waals surface area (Å²) >= 11 is 0. The molecule has 5 nitrogen and oxygen atoms in total. The van der Waals surface area contributed by atoms with E-state index in [4.69, 9.17) is 0 Å². The molecule has 3 rings (SSSR count). The zero-order valence-corrected chi connectivity index (χ0v) is 15.4. The lowest BCUT2D eigenvalue weighted by Crippen LogP contribution is -2.33. The molecule has 0 radical (unpaired) electrons. The maximum absolute atomic E-state index is 13.1. The molecule has 0 atom stereocenters. The van der Waals surface area contributed by atoms with Crippen molar-refractivity contribution in [1.29, 1.82) is 0 Å². The van der Waals surface area contributed by atoms with Crippen LogP contribution in [0.3, 0.4) is 0 Å². The number of anilines is 2. The van der Waals surface area contributed by atoms with Crippen molar-refractivity contribution in [2.24, 2.45) is 0 Å². The van der Waals surface area contributed by atoms with Gasteiger partial charge in [0.1, 0.15) is 5.82 Å². The largest absolute Gasteiger partial charge is 0.312 e. The van der Waals surface area contributed by atoms with Crippen LogP contribution >= 0.6 is 0 Å². The van der Waals surface area contributed by atoms with E-state index >= 15 is 0 Å². The summed E-state index contributed by atoms with van der Waals surface area (Å²) in [6, 6.07) is 13.1. The Morgan fingerprint density at radius 2 is 1.85 bits per heavy atom. The van der Waals surface area contributed by atoms with Gasteiger partial charge < -0.3 is 4.90 Å². The molecular formula is C19H21FN2O3S. The Labute approximate surface area is 153 Å². The molecule has 0 saturated carbocycles. The quantitative estimate of drug-likeness (QED) is 0.779. The van der Waals surface area contributed by atoms with E-state index in [1.54, 1.807) is 4.90 Å². The van der Waals surface area contributed by atoms with E-state index in [-0.39, 0.29) is 18.9 Å². The molecule has 0 aliphatic carbocycles. The summed E-state index contributed by atoms with van der Waals surface area (Å²) in [5.74, 6) is -0.437. The van der Waals surface area contributed by atoms with Gasteiger partial charge in [0.05, 0.1) is 11.9 Å². The van der Waals surface area contributed by atoms with Crippen LogP contribution in [0, 0.1) is 5.82 Å². The van der Waals surface area contributed by atoms with Crippen LogP contribution in [-0.4, -0.2) is 33.7 Å². The minimum atomic E-state index is -3.51. The molecule has 0 saturated heterocycles. The van der Waals surface area contributed by atoms with E-state index in [9.17, 15) is 17.6 Å². The number of carbonyl (C=O) groups excluding carboxylic acids is 1. The van der Waals surface area contributed by atoms with Gasteiger partial charge in [-0.05, 0) is 48.7 Å². The minimum Gasteiger partial charge on any atom is -0.312 e. The Balaban J connectivity index is 1.64. The fourth-order valence-corrected chi connectivity index (χ4v) is 4.17. The summed E-state index contributed by atoms with van der Waals surface area (Å²) in [5.41, 5.74) is 2.49. The number of carbonyl (C=O) groups is 1. The Hall–Kier alpha value is -2.41. The van der Waals surface area contributed by atoms with Crippen molar-refractivity contribution < 1.29 is 17.6 Å². The van der Waals surface area contributed by atoms with E-state index in [1.807, 2.05) is 24.3 Å². The summed E-state index contributed by atoms with van der Waals surface area (Å²) in [7, 11) is -3.51. The number of halogens is 1. The number of rotatable bonds is 6. The monoisotopic (exact) mass is 376 g/mol. The van der Waals surface area contributed by atoms with Crippen molar-refractivity contribution >= 4 is 27.3 Å². The lowest BCUT2D eigenvalue weighted by Gasteiger charge is -2.23. The average molecular weight is 376 g/mol. The third-order valence-electron chi connectivity index (χ3n) is 4.46. The zero-order valence-electron chi connectivity index (χ0n) is 14.6. The molecule has 0 fully saturated rings. The molecule has 0 bridgehead atoms. The minimum absolute atomic E-state index is 0.0116. The highest BCUT2D eigenvalue weighted by atomic mass is 32.2. The lowest BCUT2D eigenvalue weighted by molar-refractivity contribution is -0.118. The van der Waals surface area contributed by atoms with Gasteiger partial charge in [0.2, 0.25) is 15.9 Å². The van der Waals surface area contributed by atoms with Crippen molar-refractivity contribution in [3.63, 3.8) is 0 Å². The molecule has 0 unspecified atom stereocenters. The van der Waals surface area contributed by atoms with Crippen LogP contribution in [0.1, 0.15) is 18.4 Å². The molecular weight excluding hydrogens is 355 g/mol. The number of benzene rings is 2. The zero-order chi connectivity index (χ0) is 18.7. The SMILES string of the molecule is CS(=O)(=O)N(CCCC(=O)N1CCc2ccccc21)c1ccc(F)cc1. The van der Waals surface area contributed by atoms with Crippen LogP contribution in [0.25, 0.3) is 0 Å². The topological polar surface area (TPSA) is 57.7 Å². The fraction of sp³-hybridized carbons (Fsp3) is 0.316. The van der Waals surface area contributed by atoms with Gasteiger partial charge in [-0.3, -0.25) is 9.10 Å². The van der Waals surface area contributed by atoms with Crippen molar-refractivity contribution in [1.82, 2.24) is 0 Å².